The maximum absolute atomic E-state index is 10.2. The highest BCUT2D eigenvalue weighted by Gasteiger charge is 2.46. The van der Waals surface area contributed by atoms with Gasteiger partial charge >= 0.3 is 0 Å². The fourth-order valence-electron chi connectivity index (χ4n) is 2.29. The van der Waals surface area contributed by atoms with Gasteiger partial charge < -0.3 is 29.5 Å². The van der Waals surface area contributed by atoms with Gasteiger partial charge in [0.2, 0.25) is 0 Å². The van der Waals surface area contributed by atoms with Gasteiger partial charge in [-0.15, -0.1) is 0 Å². The van der Waals surface area contributed by atoms with Crippen molar-refractivity contribution in [3.8, 4) is 0 Å². The van der Waals surface area contributed by atoms with Crippen molar-refractivity contribution >= 4 is 15.9 Å². The third-order valence-corrected chi connectivity index (χ3v) is 3.65. The van der Waals surface area contributed by atoms with Crippen LogP contribution in [-0.4, -0.2) is 57.6 Å². The lowest BCUT2D eigenvalue weighted by Crippen LogP contribution is -2.60. The van der Waals surface area contributed by atoms with Crippen LogP contribution >= 0.6 is 15.9 Å². The second-order valence-electron chi connectivity index (χ2n) is 5.15. The van der Waals surface area contributed by atoms with E-state index in [0.29, 0.717) is 0 Å². The predicted octanol–water partition coefficient (Wildman–Crippen LogP) is 0.768. The molecule has 1 unspecified atom stereocenters. The Morgan fingerprint density at radius 2 is 1.91 bits per heavy atom. The summed E-state index contributed by atoms with van der Waals surface area (Å²) in [6.45, 7) is 1.59. The average Bonchev–Trinajstić information content (AvgIpc) is 2.51. The minimum atomic E-state index is -1.24. The molecule has 6 nitrogen and oxygen atoms in total. The zero-order valence-corrected chi connectivity index (χ0v) is 13.8. The second-order valence-corrected chi connectivity index (χ2v) is 6.44. The molecular formula is C15H21BrO6. The molecule has 1 saturated heterocycles. The van der Waals surface area contributed by atoms with Crippen molar-refractivity contribution in [2.24, 2.45) is 0 Å². The van der Waals surface area contributed by atoms with Crippen molar-refractivity contribution in [2.45, 2.75) is 49.2 Å². The topological polar surface area (TPSA) is 88.4 Å². The Bertz CT molecular complexity index is 443. The van der Waals surface area contributed by atoms with Gasteiger partial charge in [-0.05, 0) is 12.5 Å². The Morgan fingerprint density at radius 3 is 2.50 bits per heavy atom. The molecule has 0 saturated carbocycles. The molecule has 22 heavy (non-hydrogen) atoms. The molecule has 6 atom stereocenters. The molecule has 1 fully saturated rings. The van der Waals surface area contributed by atoms with Gasteiger partial charge in [0.15, 0.2) is 6.29 Å². The van der Waals surface area contributed by atoms with Gasteiger partial charge in [0, 0.05) is 0 Å². The molecule has 1 aliphatic rings. The number of aliphatic hydroxyl groups excluding tert-OH is 3. The van der Waals surface area contributed by atoms with E-state index in [1.54, 1.807) is 6.92 Å². The van der Waals surface area contributed by atoms with Crippen LogP contribution in [0.4, 0.5) is 0 Å². The van der Waals surface area contributed by atoms with Crippen molar-refractivity contribution in [2.75, 3.05) is 6.61 Å². The van der Waals surface area contributed by atoms with Crippen LogP contribution in [0.1, 0.15) is 12.5 Å². The molecule has 0 spiro atoms. The zero-order chi connectivity index (χ0) is 16.1. The van der Waals surface area contributed by atoms with Gasteiger partial charge in [-0.25, -0.2) is 0 Å². The van der Waals surface area contributed by atoms with Gasteiger partial charge in [-0.1, -0.05) is 46.3 Å². The lowest BCUT2D eigenvalue weighted by molar-refractivity contribution is -0.313. The van der Waals surface area contributed by atoms with Gasteiger partial charge in [-0.3, -0.25) is 0 Å². The van der Waals surface area contributed by atoms with E-state index in [9.17, 15) is 15.3 Å². The molecule has 1 aromatic carbocycles. The summed E-state index contributed by atoms with van der Waals surface area (Å²) in [4.78, 5) is 0. The lowest BCUT2D eigenvalue weighted by atomic mass is 9.99. The number of hydrogen-bond donors (Lipinski definition) is 3. The van der Waals surface area contributed by atoms with Crippen LogP contribution in [0.15, 0.2) is 30.3 Å². The number of benzene rings is 1. The fraction of sp³-hybridized carbons (Fsp3) is 0.600. The smallest absolute Gasteiger partial charge is 0.188 e. The van der Waals surface area contributed by atoms with Crippen LogP contribution in [0, 0.1) is 0 Å². The molecule has 3 N–H and O–H groups in total. The van der Waals surface area contributed by atoms with E-state index < -0.39 is 37.3 Å². The van der Waals surface area contributed by atoms with Gasteiger partial charge in [-0.2, -0.15) is 0 Å². The summed E-state index contributed by atoms with van der Waals surface area (Å²) >= 11 is 3.25. The molecule has 124 valence electrons. The van der Waals surface area contributed by atoms with E-state index in [1.165, 1.54) is 0 Å². The summed E-state index contributed by atoms with van der Waals surface area (Å²) in [6.07, 6.45) is -5.13. The highest BCUT2D eigenvalue weighted by Crippen LogP contribution is 2.26. The second kappa shape index (κ2) is 8.35. The minimum absolute atomic E-state index is 0.249. The monoisotopic (exact) mass is 376 g/mol. The normalized spacial score (nSPS) is 33.6. The highest BCUT2D eigenvalue weighted by molar-refractivity contribution is 9.09. The quantitative estimate of drug-likeness (QED) is 0.635. The Kier molecular flexibility index (Phi) is 6.76. The number of halogens is 1. The van der Waals surface area contributed by atoms with E-state index in [0.717, 1.165) is 5.56 Å². The van der Waals surface area contributed by atoms with Crippen molar-refractivity contribution < 1.29 is 29.5 Å². The first kappa shape index (κ1) is 17.8. The van der Waals surface area contributed by atoms with Crippen LogP contribution < -0.4 is 0 Å². The summed E-state index contributed by atoms with van der Waals surface area (Å²) in [7, 11) is 0. The first-order chi connectivity index (χ1) is 10.5. The number of ether oxygens (including phenoxy) is 3. The van der Waals surface area contributed by atoms with Crippen LogP contribution in [0.3, 0.4) is 0 Å². The number of aliphatic hydroxyl groups is 3. The molecule has 0 radical (unpaired) electrons. The lowest BCUT2D eigenvalue weighted by Gasteiger charge is -2.42. The Hall–Kier alpha value is -0.540. The Labute approximate surface area is 137 Å². The predicted molar refractivity (Wildman–Crippen MR) is 82.3 cm³/mol. The molecule has 1 heterocycles. The molecule has 0 amide bonds. The van der Waals surface area contributed by atoms with Crippen molar-refractivity contribution in [3.63, 3.8) is 0 Å². The van der Waals surface area contributed by atoms with Crippen LogP contribution in [0.25, 0.3) is 0 Å². The van der Waals surface area contributed by atoms with E-state index in [2.05, 4.69) is 15.9 Å². The van der Waals surface area contributed by atoms with Crippen LogP contribution in [0.2, 0.25) is 0 Å². The standard InChI is InChI=1S/C15H21BrO6/c1-9(16)21-15-14(13(19)12(18)11(7-17)22-15)20-8-10-5-3-2-4-6-10/h2-6,9,11-15,17-19H,7-8H2,1H3/t9?,11-,12-,13+,14+,15+/m1/s1. The number of hydrogen-bond acceptors (Lipinski definition) is 6. The van der Waals surface area contributed by atoms with Crippen LogP contribution in [0.5, 0.6) is 0 Å². The van der Waals surface area contributed by atoms with Gasteiger partial charge in [0.1, 0.15) is 29.4 Å². The third kappa shape index (κ3) is 4.48. The number of rotatable bonds is 6. The SMILES string of the molecule is CC(Br)O[C@H]1O[C@H](CO)[C@@H](O)[C@H](O)[C@@H]1OCc1ccccc1. The summed E-state index contributed by atoms with van der Waals surface area (Å²) in [5.41, 5.74) is 0.930. The largest absolute Gasteiger partial charge is 0.394 e. The summed E-state index contributed by atoms with van der Waals surface area (Å²) in [5.74, 6) is 0. The van der Waals surface area contributed by atoms with Gasteiger partial charge in [0.05, 0.1) is 13.2 Å². The van der Waals surface area contributed by atoms with Crippen molar-refractivity contribution in [1.29, 1.82) is 0 Å². The van der Waals surface area contributed by atoms with Crippen molar-refractivity contribution in [3.05, 3.63) is 35.9 Å². The Morgan fingerprint density at radius 1 is 1.23 bits per heavy atom. The zero-order valence-electron chi connectivity index (χ0n) is 12.2. The first-order valence-corrected chi connectivity index (χ1v) is 8.02. The molecule has 0 aliphatic carbocycles. The molecule has 0 bridgehead atoms. The van der Waals surface area contributed by atoms with Crippen molar-refractivity contribution in [1.82, 2.24) is 0 Å². The summed E-state index contributed by atoms with van der Waals surface area (Å²) in [5, 5.41) is 29.1. The summed E-state index contributed by atoms with van der Waals surface area (Å²) < 4.78 is 16.7. The number of alkyl halides is 1. The fourth-order valence-corrected chi connectivity index (χ4v) is 2.51. The molecule has 1 aromatic rings. The maximum atomic E-state index is 10.2. The minimum Gasteiger partial charge on any atom is -0.394 e. The van der Waals surface area contributed by atoms with E-state index >= 15 is 0 Å². The van der Waals surface area contributed by atoms with Gasteiger partial charge in [0.25, 0.3) is 0 Å². The van der Waals surface area contributed by atoms with Crippen LogP contribution in [-0.2, 0) is 20.8 Å². The summed E-state index contributed by atoms with van der Waals surface area (Å²) in [6, 6.07) is 9.46. The van der Waals surface area contributed by atoms with E-state index in [-0.39, 0.29) is 11.6 Å². The molecule has 7 heteroatoms. The highest BCUT2D eigenvalue weighted by atomic mass is 79.9. The molecule has 2 rings (SSSR count). The van der Waals surface area contributed by atoms with E-state index in [1.807, 2.05) is 30.3 Å². The van der Waals surface area contributed by atoms with E-state index in [4.69, 9.17) is 14.2 Å². The average molecular weight is 377 g/mol. The Balaban J connectivity index is 2.06. The molecule has 1 aliphatic heterocycles. The maximum Gasteiger partial charge on any atom is 0.188 e. The third-order valence-electron chi connectivity index (χ3n) is 3.43. The first-order valence-electron chi connectivity index (χ1n) is 7.10. The molecular weight excluding hydrogens is 356 g/mol. The molecule has 0 aromatic heterocycles.